The molecule has 0 fully saturated rings. The second-order valence-electron chi connectivity index (χ2n) is 7.84. The second kappa shape index (κ2) is 11.1. The van der Waals surface area contributed by atoms with Crippen molar-refractivity contribution in [3.05, 3.63) is 69.7 Å². The molecule has 0 radical (unpaired) electrons. The van der Waals surface area contributed by atoms with E-state index in [4.69, 9.17) is 32.8 Å². The third-order valence-electron chi connectivity index (χ3n) is 4.76. The van der Waals surface area contributed by atoms with E-state index in [0.717, 1.165) is 16.8 Å². The van der Waals surface area contributed by atoms with Crippen LogP contribution in [-0.4, -0.2) is 53.7 Å². The van der Waals surface area contributed by atoms with Crippen molar-refractivity contribution in [3.8, 4) is 0 Å². The van der Waals surface area contributed by atoms with Gasteiger partial charge in [0.25, 0.3) is 0 Å². The average Bonchev–Trinajstić information content (AvgIpc) is 3.15. The molecule has 162 valence electrons. The second-order valence-corrected chi connectivity index (χ2v) is 8.71. The van der Waals surface area contributed by atoms with Crippen LogP contribution in [0.1, 0.15) is 31.4 Å². The number of rotatable bonds is 10. The van der Waals surface area contributed by atoms with Gasteiger partial charge in [-0.3, -0.25) is 4.90 Å². The van der Waals surface area contributed by atoms with Crippen molar-refractivity contribution in [1.29, 1.82) is 0 Å². The first kappa shape index (κ1) is 23.0. The van der Waals surface area contributed by atoms with Crippen LogP contribution in [0, 0.1) is 0 Å². The molecular formula is C23H28Cl2N2O3. The standard InChI is InChI=1S/C23H28Cl2N2O3/c1-16(2)29-15-21(28)13-27(12-17-4-3-5-20(25)10-17)14-22-11-23(26-30-22)18-6-8-19(24)9-7-18/h3-10,16,21-22,28H,11-15H2,1-2H3/t21-,22-/m0/s1. The lowest BCUT2D eigenvalue weighted by Crippen LogP contribution is -2.39. The van der Waals surface area contributed by atoms with Gasteiger partial charge in [-0.05, 0) is 49.2 Å². The van der Waals surface area contributed by atoms with Crippen LogP contribution in [0.4, 0.5) is 0 Å². The lowest BCUT2D eigenvalue weighted by Gasteiger charge is -2.27. The molecule has 1 heterocycles. The Morgan fingerprint density at radius 3 is 2.63 bits per heavy atom. The molecule has 0 bridgehead atoms. The molecule has 1 N–H and O–H groups in total. The van der Waals surface area contributed by atoms with E-state index in [1.807, 2.05) is 62.4 Å². The summed E-state index contributed by atoms with van der Waals surface area (Å²) >= 11 is 12.1. The molecule has 1 aliphatic rings. The Morgan fingerprint density at radius 1 is 1.17 bits per heavy atom. The molecule has 7 heteroatoms. The lowest BCUT2D eigenvalue weighted by molar-refractivity contribution is -0.0194. The van der Waals surface area contributed by atoms with Gasteiger partial charge in [0.05, 0.1) is 24.5 Å². The number of halogens is 2. The zero-order valence-electron chi connectivity index (χ0n) is 17.3. The van der Waals surface area contributed by atoms with Crippen molar-refractivity contribution < 1.29 is 14.7 Å². The third-order valence-corrected chi connectivity index (χ3v) is 5.25. The highest BCUT2D eigenvalue weighted by molar-refractivity contribution is 6.31. The van der Waals surface area contributed by atoms with Gasteiger partial charge < -0.3 is 14.7 Å². The fourth-order valence-electron chi connectivity index (χ4n) is 3.38. The van der Waals surface area contributed by atoms with E-state index in [9.17, 15) is 5.11 Å². The Bertz CT molecular complexity index is 843. The van der Waals surface area contributed by atoms with Gasteiger partial charge in [0.1, 0.15) is 6.10 Å². The predicted molar refractivity (Wildman–Crippen MR) is 121 cm³/mol. The molecular weight excluding hydrogens is 423 g/mol. The first-order valence-electron chi connectivity index (χ1n) is 10.1. The number of ether oxygens (including phenoxy) is 1. The smallest absolute Gasteiger partial charge is 0.145 e. The average molecular weight is 451 g/mol. The van der Waals surface area contributed by atoms with E-state index in [1.165, 1.54) is 0 Å². The molecule has 0 spiro atoms. The zero-order valence-corrected chi connectivity index (χ0v) is 18.8. The molecule has 0 saturated carbocycles. The van der Waals surface area contributed by atoms with Crippen LogP contribution in [-0.2, 0) is 16.1 Å². The van der Waals surface area contributed by atoms with Crippen LogP contribution in [0.2, 0.25) is 10.0 Å². The highest BCUT2D eigenvalue weighted by Crippen LogP contribution is 2.21. The summed E-state index contributed by atoms with van der Waals surface area (Å²) in [6.07, 6.45) is 0.0963. The fourth-order valence-corrected chi connectivity index (χ4v) is 3.72. The van der Waals surface area contributed by atoms with E-state index in [1.54, 1.807) is 0 Å². The molecule has 5 nitrogen and oxygen atoms in total. The van der Waals surface area contributed by atoms with Crippen LogP contribution in [0.3, 0.4) is 0 Å². The number of benzene rings is 2. The van der Waals surface area contributed by atoms with Crippen LogP contribution in [0.15, 0.2) is 53.7 Å². The first-order valence-corrected chi connectivity index (χ1v) is 10.9. The number of nitrogens with zero attached hydrogens (tertiary/aromatic N) is 2. The van der Waals surface area contributed by atoms with Crippen LogP contribution in [0.5, 0.6) is 0 Å². The highest BCUT2D eigenvalue weighted by Gasteiger charge is 2.26. The molecule has 2 atom stereocenters. The van der Waals surface area contributed by atoms with Crippen molar-refractivity contribution in [2.75, 3.05) is 19.7 Å². The van der Waals surface area contributed by atoms with Gasteiger partial charge in [-0.15, -0.1) is 0 Å². The maximum Gasteiger partial charge on any atom is 0.145 e. The van der Waals surface area contributed by atoms with Crippen molar-refractivity contribution in [2.24, 2.45) is 5.16 Å². The normalized spacial score (nSPS) is 17.3. The summed E-state index contributed by atoms with van der Waals surface area (Å²) in [5, 5.41) is 16.1. The Morgan fingerprint density at radius 2 is 1.93 bits per heavy atom. The van der Waals surface area contributed by atoms with E-state index in [2.05, 4.69) is 10.1 Å². The van der Waals surface area contributed by atoms with Gasteiger partial charge in [-0.1, -0.05) is 52.6 Å². The number of oxime groups is 1. The van der Waals surface area contributed by atoms with Crippen LogP contribution >= 0.6 is 23.2 Å². The number of hydrogen-bond acceptors (Lipinski definition) is 5. The summed E-state index contributed by atoms with van der Waals surface area (Å²) in [6.45, 7) is 5.95. The van der Waals surface area contributed by atoms with Gasteiger partial charge in [-0.25, -0.2) is 0 Å². The minimum atomic E-state index is -0.593. The summed E-state index contributed by atoms with van der Waals surface area (Å²) in [7, 11) is 0. The summed E-state index contributed by atoms with van der Waals surface area (Å²) in [5.74, 6) is 0. The molecule has 2 aromatic rings. The van der Waals surface area contributed by atoms with E-state index < -0.39 is 6.10 Å². The van der Waals surface area contributed by atoms with Crippen LogP contribution < -0.4 is 0 Å². The van der Waals surface area contributed by atoms with Gasteiger partial charge >= 0.3 is 0 Å². The van der Waals surface area contributed by atoms with Crippen molar-refractivity contribution in [1.82, 2.24) is 4.90 Å². The van der Waals surface area contributed by atoms with Gasteiger partial charge in [-0.2, -0.15) is 0 Å². The molecule has 1 aliphatic heterocycles. The maximum absolute atomic E-state index is 10.5. The highest BCUT2D eigenvalue weighted by atomic mass is 35.5. The summed E-state index contributed by atoms with van der Waals surface area (Å²) in [6, 6.07) is 15.4. The minimum Gasteiger partial charge on any atom is -0.390 e. The molecule has 0 amide bonds. The molecule has 0 unspecified atom stereocenters. The monoisotopic (exact) mass is 450 g/mol. The fraction of sp³-hybridized carbons (Fsp3) is 0.435. The number of hydrogen-bond donors (Lipinski definition) is 1. The SMILES string of the molecule is CC(C)OC[C@@H](O)CN(Cc1cccc(Cl)c1)C[C@@H]1CC(c2ccc(Cl)cc2)=NO1. The van der Waals surface area contributed by atoms with E-state index >= 15 is 0 Å². The summed E-state index contributed by atoms with van der Waals surface area (Å²) < 4.78 is 5.57. The van der Waals surface area contributed by atoms with Gasteiger partial charge in [0.15, 0.2) is 0 Å². The number of aliphatic hydroxyl groups excluding tert-OH is 1. The summed E-state index contributed by atoms with van der Waals surface area (Å²) in [4.78, 5) is 7.85. The molecule has 0 aliphatic carbocycles. The van der Waals surface area contributed by atoms with Crippen LogP contribution in [0.25, 0.3) is 0 Å². The molecule has 0 saturated heterocycles. The minimum absolute atomic E-state index is 0.0783. The first-order chi connectivity index (χ1) is 14.4. The summed E-state index contributed by atoms with van der Waals surface area (Å²) in [5.41, 5.74) is 2.99. The number of aliphatic hydroxyl groups is 1. The Kier molecular flexibility index (Phi) is 8.54. The molecule has 0 aromatic heterocycles. The van der Waals surface area contributed by atoms with Gasteiger partial charge in [0.2, 0.25) is 0 Å². The lowest BCUT2D eigenvalue weighted by atomic mass is 10.0. The van der Waals surface area contributed by atoms with Crippen molar-refractivity contribution >= 4 is 28.9 Å². The Labute approximate surface area is 188 Å². The van der Waals surface area contributed by atoms with E-state index in [-0.39, 0.29) is 12.2 Å². The molecule has 3 rings (SSSR count). The molecule has 30 heavy (non-hydrogen) atoms. The van der Waals surface area contributed by atoms with Crippen molar-refractivity contribution in [3.63, 3.8) is 0 Å². The largest absolute Gasteiger partial charge is 0.390 e. The van der Waals surface area contributed by atoms with Gasteiger partial charge in [0, 0.05) is 36.1 Å². The predicted octanol–water partition coefficient (Wildman–Crippen LogP) is 4.77. The topological polar surface area (TPSA) is 54.3 Å². The Hall–Kier alpha value is -1.63. The quantitative estimate of drug-likeness (QED) is 0.565. The third kappa shape index (κ3) is 7.25. The zero-order chi connectivity index (χ0) is 21.5. The van der Waals surface area contributed by atoms with E-state index in [0.29, 0.717) is 42.7 Å². The van der Waals surface area contributed by atoms with Crippen molar-refractivity contribution in [2.45, 2.75) is 45.1 Å². The Balaban J connectivity index is 1.62. The molecule has 2 aromatic carbocycles. The maximum atomic E-state index is 10.5.